The summed E-state index contributed by atoms with van der Waals surface area (Å²) >= 11 is 5.98. The molecule has 0 bridgehead atoms. The first kappa shape index (κ1) is 19.6. The van der Waals surface area contributed by atoms with E-state index in [0.29, 0.717) is 17.1 Å². The van der Waals surface area contributed by atoms with Gasteiger partial charge in [-0.05, 0) is 25.1 Å². The van der Waals surface area contributed by atoms with Gasteiger partial charge in [-0.25, -0.2) is 9.97 Å². The Labute approximate surface area is 171 Å². The van der Waals surface area contributed by atoms with Crippen LogP contribution in [0.15, 0.2) is 36.8 Å². The molecule has 2 aromatic heterocycles. The number of fused-ring (bicyclic) bond motifs is 1. The van der Waals surface area contributed by atoms with Crippen LogP contribution in [-0.2, 0) is 4.79 Å². The van der Waals surface area contributed by atoms with Gasteiger partial charge in [0.05, 0.1) is 11.7 Å². The summed E-state index contributed by atoms with van der Waals surface area (Å²) in [6.07, 6.45) is 0.709. The number of aryl methyl sites for hydroxylation is 1. The van der Waals surface area contributed by atoms with Gasteiger partial charge in [0.1, 0.15) is 30.3 Å². The van der Waals surface area contributed by atoms with Crippen LogP contribution in [-0.4, -0.2) is 49.0 Å². The van der Waals surface area contributed by atoms with Crippen LogP contribution in [0.2, 0.25) is 5.02 Å². The second-order valence-electron chi connectivity index (χ2n) is 7.04. The molecule has 0 unspecified atom stereocenters. The van der Waals surface area contributed by atoms with Gasteiger partial charge in [-0.2, -0.15) is 0 Å². The summed E-state index contributed by atoms with van der Waals surface area (Å²) in [6, 6.07) is 6.07. The predicted octanol–water partition coefficient (Wildman–Crippen LogP) is 2.43. The number of carbonyl (C=O) groups excluding carboxylic acids is 1. The number of esters is 1. The van der Waals surface area contributed by atoms with E-state index in [4.69, 9.17) is 21.1 Å². The molecule has 1 fully saturated rings. The van der Waals surface area contributed by atoms with Crippen molar-refractivity contribution in [3.63, 3.8) is 0 Å². The highest BCUT2D eigenvalue weighted by atomic mass is 35.5. The second kappa shape index (κ2) is 7.62. The summed E-state index contributed by atoms with van der Waals surface area (Å²) in [6.45, 7) is 3.16. The highest BCUT2D eigenvalue weighted by molar-refractivity contribution is 6.30. The lowest BCUT2D eigenvalue weighted by atomic mass is 10.2. The van der Waals surface area contributed by atoms with Gasteiger partial charge in [0, 0.05) is 36.0 Å². The number of rotatable bonds is 4. The van der Waals surface area contributed by atoms with Crippen LogP contribution in [0.25, 0.3) is 11.0 Å². The summed E-state index contributed by atoms with van der Waals surface area (Å²) in [4.78, 5) is 19.9. The summed E-state index contributed by atoms with van der Waals surface area (Å²) in [5.74, 6) is -0.0992. The monoisotopic (exact) mass is 417 g/mol. The lowest BCUT2D eigenvalue weighted by Gasteiger charge is -2.20. The van der Waals surface area contributed by atoms with Crippen LogP contribution in [0.1, 0.15) is 25.1 Å². The zero-order chi connectivity index (χ0) is 20.7. The van der Waals surface area contributed by atoms with Gasteiger partial charge in [-0.1, -0.05) is 11.6 Å². The van der Waals surface area contributed by atoms with Crippen LogP contribution >= 0.6 is 11.6 Å². The van der Waals surface area contributed by atoms with E-state index in [9.17, 15) is 15.0 Å². The third kappa shape index (κ3) is 3.66. The molecule has 3 aromatic rings. The molecule has 9 heteroatoms. The summed E-state index contributed by atoms with van der Waals surface area (Å²) in [5.41, 5.74) is 1.52. The molecule has 1 aliphatic carbocycles. The lowest BCUT2D eigenvalue weighted by Crippen LogP contribution is -2.34. The second-order valence-corrected chi connectivity index (χ2v) is 7.48. The van der Waals surface area contributed by atoms with Crippen molar-refractivity contribution in [1.82, 2.24) is 14.5 Å². The number of carbonyl (C=O) groups is 1. The van der Waals surface area contributed by atoms with E-state index in [2.05, 4.69) is 9.97 Å². The lowest BCUT2D eigenvalue weighted by molar-refractivity contribution is -0.132. The number of benzene rings is 1. The summed E-state index contributed by atoms with van der Waals surface area (Å²) in [5, 5.41) is 22.5. The van der Waals surface area contributed by atoms with Gasteiger partial charge in [-0.3, -0.25) is 4.79 Å². The molecule has 2 heterocycles. The first-order valence-electron chi connectivity index (χ1n) is 9.14. The minimum absolute atomic E-state index is 0.157. The predicted molar refractivity (Wildman–Crippen MR) is 105 cm³/mol. The quantitative estimate of drug-likeness (QED) is 0.496. The zero-order valence-electron chi connectivity index (χ0n) is 15.8. The maximum atomic E-state index is 11.4. The minimum Gasteiger partial charge on any atom is -0.484 e. The van der Waals surface area contributed by atoms with Crippen molar-refractivity contribution in [2.75, 3.05) is 0 Å². The highest BCUT2D eigenvalue weighted by Crippen LogP contribution is 2.38. The molecule has 0 radical (unpaired) electrons. The molecule has 2 N–H and O–H groups in total. The van der Waals surface area contributed by atoms with E-state index in [-0.39, 0.29) is 11.5 Å². The van der Waals surface area contributed by atoms with Gasteiger partial charge < -0.3 is 24.3 Å². The molecule has 29 heavy (non-hydrogen) atoms. The van der Waals surface area contributed by atoms with Gasteiger partial charge in [0.15, 0.2) is 11.5 Å². The first-order chi connectivity index (χ1) is 13.8. The Balaban J connectivity index is 1.61. The molecule has 0 aliphatic heterocycles. The number of ether oxygens (including phenoxy) is 2. The Morgan fingerprint density at radius 3 is 2.76 bits per heavy atom. The Kier molecular flexibility index (Phi) is 5.16. The highest BCUT2D eigenvalue weighted by Gasteiger charge is 2.44. The number of nitrogens with zero attached hydrogens (tertiary/aromatic N) is 3. The Morgan fingerprint density at radius 2 is 2.00 bits per heavy atom. The zero-order valence-corrected chi connectivity index (χ0v) is 16.6. The van der Waals surface area contributed by atoms with Crippen molar-refractivity contribution < 1.29 is 24.5 Å². The van der Waals surface area contributed by atoms with Crippen molar-refractivity contribution in [3.8, 4) is 11.5 Å². The minimum atomic E-state index is -1.14. The van der Waals surface area contributed by atoms with Crippen molar-refractivity contribution in [2.24, 2.45) is 0 Å². The molecule has 4 rings (SSSR count). The molecule has 4 atom stereocenters. The third-order valence-electron chi connectivity index (χ3n) is 5.10. The molecule has 1 aromatic carbocycles. The number of aliphatic hydroxyl groups excluding tert-OH is 2. The van der Waals surface area contributed by atoms with E-state index in [1.165, 1.54) is 19.3 Å². The fourth-order valence-electron chi connectivity index (χ4n) is 3.70. The third-order valence-corrected chi connectivity index (χ3v) is 5.34. The number of aromatic nitrogens is 3. The van der Waals surface area contributed by atoms with Crippen LogP contribution in [0, 0.1) is 6.92 Å². The van der Waals surface area contributed by atoms with Crippen molar-refractivity contribution in [3.05, 3.63) is 47.5 Å². The number of hydrogen-bond acceptors (Lipinski definition) is 7. The van der Waals surface area contributed by atoms with Gasteiger partial charge in [-0.15, -0.1) is 0 Å². The molecule has 0 spiro atoms. The molecular formula is C20H20ClN3O5. The van der Waals surface area contributed by atoms with Gasteiger partial charge in [0.2, 0.25) is 0 Å². The van der Waals surface area contributed by atoms with Crippen molar-refractivity contribution in [2.45, 2.75) is 44.6 Å². The van der Waals surface area contributed by atoms with Crippen molar-refractivity contribution in [1.29, 1.82) is 0 Å². The average Bonchev–Trinajstić information content (AvgIpc) is 3.21. The Hall–Kier alpha value is -2.68. The SMILES string of the molecule is CC(=O)Oc1cc(Cl)ccc1O[C@H]1C[C@@H](n2ccc3c(C)ncnc32)[C@H](O)[C@@H]1O. The normalized spacial score (nSPS) is 24.0. The first-order valence-corrected chi connectivity index (χ1v) is 9.52. The van der Waals surface area contributed by atoms with E-state index >= 15 is 0 Å². The topological polar surface area (TPSA) is 107 Å². The van der Waals surface area contributed by atoms with E-state index in [1.807, 2.05) is 23.8 Å². The number of aliphatic hydroxyl groups is 2. The van der Waals surface area contributed by atoms with Crippen LogP contribution in [0.3, 0.4) is 0 Å². The van der Waals surface area contributed by atoms with Gasteiger partial charge >= 0.3 is 5.97 Å². The average molecular weight is 418 g/mol. The van der Waals surface area contributed by atoms with Crippen molar-refractivity contribution >= 4 is 28.6 Å². The van der Waals surface area contributed by atoms with Crippen LogP contribution in [0.4, 0.5) is 0 Å². The fraction of sp³-hybridized carbons (Fsp3) is 0.350. The molecule has 0 saturated heterocycles. The number of hydrogen-bond donors (Lipinski definition) is 2. The van der Waals surface area contributed by atoms with Crippen LogP contribution < -0.4 is 9.47 Å². The van der Waals surface area contributed by atoms with E-state index < -0.39 is 30.3 Å². The standard InChI is InChI=1S/C20H20ClN3O5/c1-10-13-5-6-24(20(13)23-9-22-10)14-8-17(19(27)18(14)26)29-15-4-3-12(21)7-16(15)28-11(2)25/h3-7,9,14,17-19,26-27H,8H2,1-2H3/t14-,17+,18+,19-/m1/s1. The Bertz CT molecular complexity index is 1070. The molecule has 1 saturated carbocycles. The van der Waals surface area contributed by atoms with Crippen LogP contribution in [0.5, 0.6) is 11.5 Å². The van der Waals surface area contributed by atoms with E-state index in [0.717, 1.165) is 11.1 Å². The molecule has 152 valence electrons. The summed E-state index contributed by atoms with van der Waals surface area (Å²) in [7, 11) is 0. The fourth-order valence-corrected chi connectivity index (χ4v) is 3.86. The summed E-state index contributed by atoms with van der Waals surface area (Å²) < 4.78 is 12.9. The molecule has 1 aliphatic rings. The molecular weight excluding hydrogens is 398 g/mol. The maximum Gasteiger partial charge on any atom is 0.308 e. The van der Waals surface area contributed by atoms with Gasteiger partial charge in [0.25, 0.3) is 0 Å². The molecule has 0 amide bonds. The molecule has 8 nitrogen and oxygen atoms in total. The Morgan fingerprint density at radius 1 is 1.21 bits per heavy atom. The number of halogens is 1. The largest absolute Gasteiger partial charge is 0.484 e. The maximum absolute atomic E-state index is 11.4. The smallest absolute Gasteiger partial charge is 0.308 e. The van der Waals surface area contributed by atoms with E-state index in [1.54, 1.807) is 12.1 Å².